The van der Waals surface area contributed by atoms with E-state index in [0.717, 1.165) is 0 Å². The van der Waals surface area contributed by atoms with E-state index < -0.39 is 6.17 Å². The highest BCUT2D eigenvalue weighted by Gasteiger charge is 2.10. The lowest BCUT2D eigenvalue weighted by Crippen LogP contribution is -1.97. The molecule has 0 amide bonds. The molecule has 1 rings (SSSR count). The number of pyridine rings is 1. The zero-order valence-electron chi connectivity index (χ0n) is 6.01. The van der Waals surface area contributed by atoms with Crippen LogP contribution in [0.2, 0.25) is 0 Å². The zero-order valence-corrected chi connectivity index (χ0v) is 7.60. The second kappa shape index (κ2) is 3.17. The van der Waals surface area contributed by atoms with Crippen LogP contribution < -0.4 is 5.73 Å². The van der Waals surface area contributed by atoms with Gasteiger partial charge in [0.05, 0.1) is 11.9 Å². The monoisotopic (exact) mass is 218 g/mol. The molecule has 0 aromatic carbocycles. The lowest BCUT2D eigenvalue weighted by Gasteiger charge is -2.07. The molecule has 0 bridgehead atoms. The highest BCUT2D eigenvalue weighted by atomic mass is 79.9. The summed E-state index contributed by atoms with van der Waals surface area (Å²) in [7, 11) is 0. The Bertz CT molecular complexity index is 242. The first-order chi connectivity index (χ1) is 5.13. The molecule has 1 unspecified atom stereocenters. The molecular weight excluding hydrogens is 211 g/mol. The Hall–Kier alpha value is -0.640. The van der Waals surface area contributed by atoms with Crippen LogP contribution in [0.15, 0.2) is 16.9 Å². The molecule has 1 aromatic heterocycles. The number of hydrogen-bond donors (Lipinski definition) is 1. The molecule has 0 aliphatic carbocycles. The number of nitrogens with two attached hydrogens (primary N) is 1. The number of aromatic nitrogens is 1. The molecule has 1 atom stereocenters. The minimum Gasteiger partial charge on any atom is -0.397 e. The molecular formula is C7H8BrFN2. The summed E-state index contributed by atoms with van der Waals surface area (Å²) in [5.74, 6) is 0. The first kappa shape index (κ1) is 8.46. The second-order valence-electron chi connectivity index (χ2n) is 2.24. The largest absolute Gasteiger partial charge is 0.397 e. The van der Waals surface area contributed by atoms with Crippen LogP contribution in [-0.2, 0) is 0 Å². The minimum absolute atomic E-state index is 0.384. The van der Waals surface area contributed by atoms with Crippen molar-refractivity contribution >= 4 is 21.6 Å². The van der Waals surface area contributed by atoms with Gasteiger partial charge < -0.3 is 5.73 Å². The predicted octanol–water partition coefficient (Wildman–Crippen LogP) is 2.46. The van der Waals surface area contributed by atoms with Crippen LogP contribution in [0, 0.1) is 0 Å². The van der Waals surface area contributed by atoms with Crippen molar-refractivity contribution in [3.63, 3.8) is 0 Å². The van der Waals surface area contributed by atoms with Crippen molar-refractivity contribution in [1.29, 1.82) is 0 Å². The smallest absolute Gasteiger partial charge is 0.126 e. The molecule has 0 spiro atoms. The fourth-order valence-electron chi connectivity index (χ4n) is 0.880. The topological polar surface area (TPSA) is 38.9 Å². The maximum absolute atomic E-state index is 12.8. The highest BCUT2D eigenvalue weighted by Crippen LogP contribution is 2.29. The summed E-state index contributed by atoms with van der Waals surface area (Å²) in [5.41, 5.74) is 6.35. The molecule has 0 fully saturated rings. The molecule has 11 heavy (non-hydrogen) atoms. The van der Waals surface area contributed by atoms with E-state index in [9.17, 15) is 4.39 Å². The molecule has 0 saturated carbocycles. The number of nitrogen functional groups attached to an aromatic ring is 1. The molecule has 2 N–H and O–H groups in total. The highest BCUT2D eigenvalue weighted by molar-refractivity contribution is 9.10. The standard InChI is InChI=1S/C7H8BrFN2/c1-4(9)7-5(8)2-11-3-6(7)10/h2-4H,10H2,1H3. The maximum Gasteiger partial charge on any atom is 0.126 e. The SMILES string of the molecule is CC(F)c1c(N)cncc1Br. The van der Waals surface area contributed by atoms with Crippen molar-refractivity contribution in [1.82, 2.24) is 4.98 Å². The van der Waals surface area contributed by atoms with E-state index in [1.807, 2.05) is 0 Å². The quantitative estimate of drug-likeness (QED) is 0.787. The lowest BCUT2D eigenvalue weighted by atomic mass is 10.1. The fraction of sp³-hybridized carbons (Fsp3) is 0.286. The number of anilines is 1. The van der Waals surface area contributed by atoms with Gasteiger partial charge in [-0.1, -0.05) is 0 Å². The van der Waals surface area contributed by atoms with Crippen molar-refractivity contribution in [3.8, 4) is 0 Å². The minimum atomic E-state index is -1.06. The van der Waals surface area contributed by atoms with E-state index in [1.54, 1.807) is 0 Å². The van der Waals surface area contributed by atoms with Crippen LogP contribution in [0.25, 0.3) is 0 Å². The summed E-state index contributed by atoms with van der Waals surface area (Å²) in [6.45, 7) is 1.44. The van der Waals surface area contributed by atoms with E-state index in [1.165, 1.54) is 19.3 Å². The summed E-state index contributed by atoms with van der Waals surface area (Å²) < 4.78 is 13.4. The van der Waals surface area contributed by atoms with E-state index in [4.69, 9.17) is 5.73 Å². The third kappa shape index (κ3) is 1.68. The molecule has 2 nitrogen and oxygen atoms in total. The Morgan fingerprint density at radius 1 is 1.64 bits per heavy atom. The van der Waals surface area contributed by atoms with Gasteiger partial charge in [0.15, 0.2) is 0 Å². The number of rotatable bonds is 1. The Morgan fingerprint density at radius 2 is 2.27 bits per heavy atom. The van der Waals surface area contributed by atoms with Crippen LogP contribution in [0.5, 0.6) is 0 Å². The van der Waals surface area contributed by atoms with Gasteiger partial charge in [0.2, 0.25) is 0 Å². The summed E-state index contributed by atoms with van der Waals surface area (Å²) >= 11 is 3.17. The van der Waals surface area contributed by atoms with Gasteiger partial charge in [-0.05, 0) is 22.9 Å². The summed E-state index contributed by atoms with van der Waals surface area (Å²) in [5, 5.41) is 0. The predicted molar refractivity (Wildman–Crippen MR) is 45.9 cm³/mol. The Kier molecular flexibility index (Phi) is 2.44. The molecule has 1 heterocycles. The normalized spacial score (nSPS) is 13.0. The zero-order chi connectivity index (χ0) is 8.43. The average Bonchev–Trinajstić information content (AvgIpc) is 1.85. The fourth-order valence-corrected chi connectivity index (χ4v) is 1.54. The van der Waals surface area contributed by atoms with E-state index in [2.05, 4.69) is 20.9 Å². The molecule has 1 aromatic rings. The number of hydrogen-bond acceptors (Lipinski definition) is 2. The van der Waals surface area contributed by atoms with Gasteiger partial charge in [-0.15, -0.1) is 0 Å². The molecule has 0 aliphatic heterocycles. The van der Waals surface area contributed by atoms with Crippen LogP contribution in [0.1, 0.15) is 18.7 Å². The molecule has 0 aliphatic rings. The summed E-state index contributed by atoms with van der Waals surface area (Å²) in [6.07, 6.45) is 1.91. The van der Waals surface area contributed by atoms with Crippen LogP contribution in [0.3, 0.4) is 0 Å². The van der Waals surface area contributed by atoms with E-state index >= 15 is 0 Å². The average molecular weight is 219 g/mol. The molecule has 60 valence electrons. The lowest BCUT2D eigenvalue weighted by molar-refractivity contribution is 0.374. The molecule has 0 radical (unpaired) electrons. The van der Waals surface area contributed by atoms with Gasteiger partial charge in [-0.2, -0.15) is 0 Å². The van der Waals surface area contributed by atoms with E-state index in [-0.39, 0.29) is 0 Å². The van der Waals surface area contributed by atoms with Gasteiger partial charge in [0, 0.05) is 16.2 Å². The van der Waals surface area contributed by atoms with Gasteiger partial charge in [-0.3, -0.25) is 4.98 Å². The van der Waals surface area contributed by atoms with Crippen LogP contribution in [-0.4, -0.2) is 4.98 Å². The Morgan fingerprint density at radius 3 is 2.64 bits per heavy atom. The Balaban J connectivity index is 3.21. The molecule has 0 saturated heterocycles. The molecule has 4 heteroatoms. The van der Waals surface area contributed by atoms with Crippen LogP contribution in [0.4, 0.5) is 10.1 Å². The van der Waals surface area contributed by atoms with Crippen molar-refractivity contribution in [3.05, 3.63) is 22.4 Å². The number of halogens is 2. The first-order valence-electron chi connectivity index (χ1n) is 3.16. The van der Waals surface area contributed by atoms with Gasteiger partial charge >= 0.3 is 0 Å². The van der Waals surface area contributed by atoms with Crippen LogP contribution >= 0.6 is 15.9 Å². The summed E-state index contributed by atoms with van der Waals surface area (Å²) in [4.78, 5) is 3.79. The third-order valence-corrected chi connectivity index (χ3v) is 2.00. The Labute approximate surface area is 72.8 Å². The van der Waals surface area contributed by atoms with Crippen molar-refractivity contribution < 1.29 is 4.39 Å². The maximum atomic E-state index is 12.8. The number of alkyl halides is 1. The van der Waals surface area contributed by atoms with E-state index in [0.29, 0.717) is 15.7 Å². The first-order valence-corrected chi connectivity index (χ1v) is 3.95. The second-order valence-corrected chi connectivity index (χ2v) is 3.09. The van der Waals surface area contributed by atoms with Crippen molar-refractivity contribution in [2.24, 2.45) is 0 Å². The summed E-state index contributed by atoms with van der Waals surface area (Å²) in [6, 6.07) is 0. The third-order valence-electron chi connectivity index (χ3n) is 1.37. The van der Waals surface area contributed by atoms with Crippen molar-refractivity contribution in [2.45, 2.75) is 13.1 Å². The van der Waals surface area contributed by atoms with Gasteiger partial charge in [0.25, 0.3) is 0 Å². The van der Waals surface area contributed by atoms with Gasteiger partial charge in [-0.25, -0.2) is 4.39 Å². The van der Waals surface area contributed by atoms with Gasteiger partial charge in [0.1, 0.15) is 6.17 Å². The van der Waals surface area contributed by atoms with Crippen molar-refractivity contribution in [2.75, 3.05) is 5.73 Å². The number of nitrogens with zero attached hydrogens (tertiary/aromatic N) is 1.